The van der Waals surface area contributed by atoms with Crippen molar-refractivity contribution < 1.29 is 17.6 Å². The molecule has 0 aromatic carbocycles. The Bertz CT molecular complexity index is 753. The predicted octanol–water partition coefficient (Wildman–Crippen LogP) is 0.898. The first kappa shape index (κ1) is 22.2. The van der Waals surface area contributed by atoms with Gasteiger partial charge in [0.1, 0.15) is 0 Å². The molecule has 0 saturated carbocycles. The van der Waals surface area contributed by atoms with Gasteiger partial charge in [-0.3, -0.25) is 9.69 Å². The van der Waals surface area contributed by atoms with Crippen LogP contribution in [0, 0.1) is 0 Å². The van der Waals surface area contributed by atoms with Gasteiger partial charge in [-0.15, -0.1) is 12.4 Å². The number of halogens is 1. The summed E-state index contributed by atoms with van der Waals surface area (Å²) in [6.07, 6.45) is 0.934. The van der Waals surface area contributed by atoms with Gasteiger partial charge in [-0.1, -0.05) is 0 Å². The molecule has 8 nitrogen and oxygen atoms in total. The van der Waals surface area contributed by atoms with E-state index in [2.05, 4.69) is 14.9 Å². The first-order valence-corrected chi connectivity index (χ1v) is 10.5. The Morgan fingerprint density at radius 2 is 1.89 bits per heavy atom. The third-order valence-corrected chi connectivity index (χ3v) is 6.25. The Kier molecular flexibility index (Phi) is 6.96. The fraction of sp³-hybridized carbons (Fsp3) is 0.706. The van der Waals surface area contributed by atoms with Crippen LogP contribution in [0.4, 0.5) is 0 Å². The number of carbonyl (C=O) groups is 1. The topological polar surface area (TPSA) is 94.9 Å². The van der Waals surface area contributed by atoms with Crippen LogP contribution in [0.1, 0.15) is 37.7 Å². The molecule has 3 heterocycles. The zero-order valence-corrected chi connectivity index (χ0v) is 17.7. The molecule has 2 aliphatic heterocycles. The van der Waals surface area contributed by atoms with E-state index >= 15 is 0 Å². The van der Waals surface area contributed by atoms with Gasteiger partial charge in [0.15, 0.2) is 5.76 Å². The molecular weight excluding hydrogens is 392 g/mol. The monoisotopic (exact) mass is 420 g/mol. The zero-order chi connectivity index (χ0) is 18.9. The molecule has 10 heteroatoms. The van der Waals surface area contributed by atoms with Crippen molar-refractivity contribution in [1.82, 2.24) is 19.8 Å². The molecule has 1 amide bonds. The Balaban J connectivity index is 0.00000261. The minimum atomic E-state index is -3.78. The summed E-state index contributed by atoms with van der Waals surface area (Å²) in [4.78, 5) is 16.8. The highest BCUT2D eigenvalue weighted by atomic mass is 35.5. The summed E-state index contributed by atoms with van der Waals surface area (Å²) in [5, 5.41) is 3.10. The fourth-order valence-corrected chi connectivity index (χ4v) is 4.81. The van der Waals surface area contributed by atoms with Crippen LogP contribution < -0.4 is 10.0 Å². The van der Waals surface area contributed by atoms with Crippen molar-refractivity contribution in [2.75, 3.05) is 39.3 Å². The Labute approximate surface area is 167 Å². The molecule has 2 aliphatic rings. The fourth-order valence-electron chi connectivity index (χ4n) is 3.46. The first-order chi connectivity index (χ1) is 12.2. The standard InChI is InChI=1S/C17H28N4O4S.ClH/c1-17(2,3)19-26(23,24)15-5-4-14(25-15)16(22)21-9-6-13(12-21)20-10-7-18-8-11-20;/h4-5,13,18-19H,6-12H2,1-3H3;1H. The molecule has 2 saturated heterocycles. The van der Waals surface area contributed by atoms with Gasteiger partial charge in [0, 0.05) is 50.8 Å². The van der Waals surface area contributed by atoms with Gasteiger partial charge in [0.25, 0.3) is 15.9 Å². The maximum Gasteiger partial charge on any atom is 0.289 e. The van der Waals surface area contributed by atoms with Crippen LogP contribution in [0.15, 0.2) is 21.6 Å². The van der Waals surface area contributed by atoms with E-state index < -0.39 is 15.6 Å². The summed E-state index contributed by atoms with van der Waals surface area (Å²) in [6.45, 7) is 10.5. The van der Waals surface area contributed by atoms with E-state index in [-0.39, 0.29) is 29.2 Å². The highest BCUT2D eigenvalue weighted by Crippen LogP contribution is 2.21. The summed E-state index contributed by atoms with van der Waals surface area (Å²) in [7, 11) is -3.78. The van der Waals surface area contributed by atoms with E-state index in [0.717, 1.165) is 32.6 Å². The second kappa shape index (κ2) is 8.48. The Morgan fingerprint density at radius 1 is 1.22 bits per heavy atom. The number of likely N-dealkylation sites (tertiary alicyclic amines) is 1. The molecule has 27 heavy (non-hydrogen) atoms. The van der Waals surface area contributed by atoms with Crippen molar-refractivity contribution in [3.8, 4) is 0 Å². The minimum Gasteiger partial charge on any atom is -0.438 e. The lowest BCUT2D eigenvalue weighted by Gasteiger charge is -2.32. The van der Waals surface area contributed by atoms with Crippen LogP contribution in [-0.2, 0) is 10.0 Å². The van der Waals surface area contributed by atoms with E-state index in [0.29, 0.717) is 19.1 Å². The lowest BCUT2D eigenvalue weighted by molar-refractivity contribution is 0.0736. The number of hydrogen-bond acceptors (Lipinski definition) is 6. The molecule has 154 valence electrons. The van der Waals surface area contributed by atoms with Gasteiger partial charge < -0.3 is 14.6 Å². The van der Waals surface area contributed by atoms with E-state index in [9.17, 15) is 13.2 Å². The summed E-state index contributed by atoms with van der Waals surface area (Å²) < 4.78 is 32.6. The summed E-state index contributed by atoms with van der Waals surface area (Å²) >= 11 is 0. The molecule has 2 fully saturated rings. The summed E-state index contributed by atoms with van der Waals surface area (Å²) in [6, 6.07) is 3.14. The molecule has 3 rings (SSSR count). The van der Waals surface area contributed by atoms with Crippen LogP contribution in [0.2, 0.25) is 0 Å². The molecule has 2 N–H and O–H groups in total. The number of furan rings is 1. The van der Waals surface area contributed by atoms with Crippen molar-refractivity contribution >= 4 is 28.3 Å². The number of sulfonamides is 1. The van der Waals surface area contributed by atoms with Crippen LogP contribution in [-0.4, -0.2) is 75.0 Å². The molecule has 1 unspecified atom stereocenters. The van der Waals surface area contributed by atoms with Crippen molar-refractivity contribution in [1.29, 1.82) is 0 Å². The van der Waals surface area contributed by atoms with E-state index in [1.54, 1.807) is 25.7 Å². The second-order valence-corrected chi connectivity index (χ2v) is 9.57. The van der Waals surface area contributed by atoms with Crippen molar-refractivity contribution in [3.05, 3.63) is 17.9 Å². The molecule has 0 aliphatic carbocycles. The molecular formula is C17H29ClN4O4S. The maximum atomic E-state index is 12.7. The first-order valence-electron chi connectivity index (χ1n) is 9.03. The number of hydrogen-bond donors (Lipinski definition) is 2. The number of carbonyl (C=O) groups excluding carboxylic acids is 1. The van der Waals surface area contributed by atoms with Gasteiger partial charge in [-0.05, 0) is 39.3 Å². The molecule has 1 aromatic heterocycles. The highest BCUT2D eigenvalue weighted by Gasteiger charge is 2.33. The highest BCUT2D eigenvalue weighted by molar-refractivity contribution is 7.89. The third kappa shape index (κ3) is 5.45. The van der Waals surface area contributed by atoms with Gasteiger partial charge in [0.05, 0.1) is 0 Å². The maximum absolute atomic E-state index is 12.7. The zero-order valence-electron chi connectivity index (χ0n) is 16.0. The van der Waals surface area contributed by atoms with Crippen LogP contribution in [0.3, 0.4) is 0 Å². The minimum absolute atomic E-state index is 0. The van der Waals surface area contributed by atoms with Gasteiger partial charge >= 0.3 is 0 Å². The normalized spacial score (nSPS) is 21.9. The average Bonchev–Trinajstić information content (AvgIpc) is 3.23. The summed E-state index contributed by atoms with van der Waals surface area (Å²) in [5.41, 5.74) is -0.624. The smallest absolute Gasteiger partial charge is 0.289 e. The summed E-state index contributed by atoms with van der Waals surface area (Å²) in [5.74, 6) is -0.180. The SMILES string of the molecule is CC(C)(C)NS(=O)(=O)c1ccc(C(=O)N2CCC(N3CCNCC3)C2)o1.Cl. The molecule has 0 radical (unpaired) electrons. The number of nitrogens with one attached hydrogen (secondary N) is 2. The van der Waals surface area contributed by atoms with Gasteiger partial charge in [0.2, 0.25) is 5.09 Å². The second-order valence-electron chi connectivity index (χ2n) is 7.95. The van der Waals surface area contributed by atoms with Gasteiger partial charge in [-0.2, -0.15) is 0 Å². The van der Waals surface area contributed by atoms with Gasteiger partial charge in [-0.25, -0.2) is 13.1 Å². The predicted molar refractivity (Wildman–Crippen MR) is 105 cm³/mol. The van der Waals surface area contributed by atoms with Crippen LogP contribution >= 0.6 is 12.4 Å². The van der Waals surface area contributed by atoms with E-state index in [1.807, 2.05) is 0 Å². The van der Waals surface area contributed by atoms with E-state index in [4.69, 9.17) is 4.42 Å². The van der Waals surface area contributed by atoms with Crippen molar-refractivity contribution in [3.63, 3.8) is 0 Å². The van der Waals surface area contributed by atoms with Crippen LogP contribution in [0.25, 0.3) is 0 Å². The molecule has 1 atom stereocenters. The van der Waals surface area contributed by atoms with Crippen molar-refractivity contribution in [2.45, 2.75) is 43.9 Å². The number of rotatable bonds is 4. The lowest BCUT2D eigenvalue weighted by Crippen LogP contribution is -2.49. The Morgan fingerprint density at radius 3 is 2.52 bits per heavy atom. The average molecular weight is 421 g/mol. The number of amides is 1. The van der Waals surface area contributed by atoms with Crippen LogP contribution in [0.5, 0.6) is 0 Å². The molecule has 1 aromatic rings. The molecule has 0 spiro atoms. The number of piperazine rings is 1. The quantitative estimate of drug-likeness (QED) is 0.751. The lowest BCUT2D eigenvalue weighted by atomic mass is 10.1. The Hall–Kier alpha value is -1.13. The van der Waals surface area contributed by atoms with E-state index in [1.165, 1.54) is 12.1 Å². The third-order valence-electron chi connectivity index (χ3n) is 4.62. The van der Waals surface area contributed by atoms with Crippen molar-refractivity contribution in [2.24, 2.45) is 0 Å². The molecule has 0 bridgehead atoms. The largest absolute Gasteiger partial charge is 0.438 e. The number of nitrogens with zero attached hydrogens (tertiary/aromatic N) is 2.